The molecule has 2 aromatic carbocycles. The van der Waals surface area contributed by atoms with Crippen molar-refractivity contribution in [2.24, 2.45) is 0 Å². The van der Waals surface area contributed by atoms with Crippen LogP contribution in [0.25, 0.3) is 0 Å². The Morgan fingerprint density at radius 1 is 1.10 bits per heavy atom. The van der Waals surface area contributed by atoms with Crippen LogP contribution in [-0.4, -0.2) is 43.7 Å². The largest absolute Gasteiger partial charge is 0.493 e. The fourth-order valence-corrected chi connectivity index (χ4v) is 3.69. The number of hydrogen-bond acceptors (Lipinski definition) is 5. The first-order valence-corrected chi connectivity index (χ1v) is 10.0. The van der Waals surface area contributed by atoms with E-state index in [1.54, 1.807) is 21.1 Å². The average Bonchev–Trinajstić information content (AvgIpc) is 3.27. The normalized spacial score (nSPS) is 16.6. The molecule has 1 fully saturated rings. The number of nitrogens with zero attached hydrogens (tertiary/aromatic N) is 1. The van der Waals surface area contributed by atoms with Gasteiger partial charge < -0.3 is 24.4 Å². The third kappa shape index (κ3) is 5.03. The standard InChI is InChI=1S/C23H28N2O5/c1-16(24-23(27)30-15-17-8-5-4-6-9-17)22(26)25-13-7-10-19(25)18-11-12-20(28-2)21(14-18)29-3/h4-6,8-9,11-12,14,16,19H,7,10,13,15H2,1-3H3,(H,24,27)/t16-,19+/m0/s1. The zero-order valence-corrected chi connectivity index (χ0v) is 17.6. The summed E-state index contributed by atoms with van der Waals surface area (Å²) in [6, 6.07) is 14.3. The Kier molecular flexibility index (Phi) is 7.17. The maximum Gasteiger partial charge on any atom is 0.408 e. The van der Waals surface area contributed by atoms with Gasteiger partial charge in [0.15, 0.2) is 11.5 Å². The smallest absolute Gasteiger partial charge is 0.408 e. The summed E-state index contributed by atoms with van der Waals surface area (Å²) < 4.78 is 15.9. The molecule has 0 saturated carbocycles. The van der Waals surface area contributed by atoms with Crippen molar-refractivity contribution in [2.75, 3.05) is 20.8 Å². The van der Waals surface area contributed by atoms with Crippen molar-refractivity contribution < 1.29 is 23.8 Å². The first kappa shape index (κ1) is 21.5. The minimum absolute atomic E-state index is 0.0677. The molecule has 0 aliphatic carbocycles. The van der Waals surface area contributed by atoms with Gasteiger partial charge in [0.1, 0.15) is 12.6 Å². The zero-order chi connectivity index (χ0) is 21.5. The van der Waals surface area contributed by atoms with Gasteiger partial charge in [-0.05, 0) is 43.0 Å². The van der Waals surface area contributed by atoms with Crippen molar-refractivity contribution in [1.82, 2.24) is 10.2 Å². The topological polar surface area (TPSA) is 77.1 Å². The molecule has 0 bridgehead atoms. The Balaban J connectivity index is 1.61. The highest BCUT2D eigenvalue weighted by Gasteiger charge is 2.33. The second-order valence-corrected chi connectivity index (χ2v) is 7.23. The third-order valence-corrected chi connectivity index (χ3v) is 5.25. The highest BCUT2D eigenvalue weighted by atomic mass is 16.5. The molecule has 160 valence electrons. The van der Waals surface area contributed by atoms with E-state index in [2.05, 4.69) is 5.32 Å². The number of hydrogen-bond donors (Lipinski definition) is 1. The lowest BCUT2D eigenvalue weighted by atomic mass is 10.0. The Hall–Kier alpha value is -3.22. The van der Waals surface area contributed by atoms with E-state index in [0.29, 0.717) is 18.0 Å². The van der Waals surface area contributed by atoms with E-state index in [-0.39, 0.29) is 18.6 Å². The number of likely N-dealkylation sites (tertiary alicyclic amines) is 1. The molecule has 0 unspecified atom stereocenters. The summed E-state index contributed by atoms with van der Waals surface area (Å²) >= 11 is 0. The van der Waals surface area contributed by atoms with Crippen LogP contribution in [0.2, 0.25) is 0 Å². The second-order valence-electron chi connectivity index (χ2n) is 7.23. The SMILES string of the molecule is COc1ccc([C@H]2CCCN2C(=O)[C@H](C)NC(=O)OCc2ccccc2)cc1OC. The van der Waals surface area contributed by atoms with Gasteiger partial charge >= 0.3 is 6.09 Å². The van der Waals surface area contributed by atoms with E-state index < -0.39 is 12.1 Å². The monoisotopic (exact) mass is 412 g/mol. The van der Waals surface area contributed by atoms with Crippen LogP contribution in [0.3, 0.4) is 0 Å². The van der Waals surface area contributed by atoms with Crippen molar-refractivity contribution in [3.8, 4) is 11.5 Å². The predicted molar refractivity (Wildman–Crippen MR) is 112 cm³/mol. The van der Waals surface area contributed by atoms with Gasteiger partial charge in [0.05, 0.1) is 20.3 Å². The molecule has 30 heavy (non-hydrogen) atoms. The molecule has 1 N–H and O–H groups in total. The molecule has 2 amide bonds. The zero-order valence-electron chi connectivity index (χ0n) is 17.6. The van der Waals surface area contributed by atoms with Crippen molar-refractivity contribution in [3.63, 3.8) is 0 Å². The van der Waals surface area contributed by atoms with Crippen molar-refractivity contribution >= 4 is 12.0 Å². The van der Waals surface area contributed by atoms with E-state index in [1.807, 2.05) is 53.4 Å². The van der Waals surface area contributed by atoms with Crippen LogP contribution in [0.15, 0.2) is 48.5 Å². The number of nitrogens with one attached hydrogen (secondary N) is 1. The summed E-state index contributed by atoms with van der Waals surface area (Å²) in [4.78, 5) is 26.9. The first-order chi connectivity index (χ1) is 14.5. The van der Waals surface area contributed by atoms with E-state index in [0.717, 1.165) is 24.0 Å². The van der Waals surface area contributed by atoms with E-state index in [9.17, 15) is 9.59 Å². The summed E-state index contributed by atoms with van der Waals surface area (Å²) in [5, 5.41) is 2.64. The summed E-state index contributed by atoms with van der Waals surface area (Å²) in [5.74, 6) is 1.14. The molecule has 1 aliphatic rings. The Bertz CT molecular complexity index is 871. The quantitative estimate of drug-likeness (QED) is 0.751. The van der Waals surface area contributed by atoms with Crippen molar-refractivity contribution in [2.45, 2.75) is 38.5 Å². The lowest BCUT2D eigenvalue weighted by Crippen LogP contribution is -2.46. The van der Waals surface area contributed by atoms with Crippen LogP contribution >= 0.6 is 0 Å². The number of amides is 2. The second kappa shape index (κ2) is 10.0. The van der Waals surface area contributed by atoms with E-state index in [4.69, 9.17) is 14.2 Å². The van der Waals surface area contributed by atoms with E-state index >= 15 is 0 Å². The third-order valence-electron chi connectivity index (χ3n) is 5.25. The molecule has 0 aromatic heterocycles. The molecule has 0 radical (unpaired) electrons. The number of carbonyl (C=O) groups excluding carboxylic acids is 2. The molecular formula is C23H28N2O5. The molecular weight excluding hydrogens is 384 g/mol. The molecule has 2 aromatic rings. The average molecular weight is 412 g/mol. The highest BCUT2D eigenvalue weighted by Crippen LogP contribution is 2.37. The van der Waals surface area contributed by atoms with Crippen LogP contribution in [0.1, 0.15) is 36.9 Å². The Morgan fingerprint density at radius 3 is 2.53 bits per heavy atom. The molecule has 1 aliphatic heterocycles. The lowest BCUT2D eigenvalue weighted by molar-refractivity contribution is -0.133. The number of ether oxygens (including phenoxy) is 3. The molecule has 3 rings (SSSR count). The minimum atomic E-state index is -0.686. The molecule has 1 saturated heterocycles. The first-order valence-electron chi connectivity index (χ1n) is 10.0. The summed E-state index contributed by atoms with van der Waals surface area (Å²) in [5.41, 5.74) is 1.87. The molecule has 1 heterocycles. The molecule has 2 atom stereocenters. The van der Waals surface area contributed by atoms with Gasteiger partial charge in [-0.3, -0.25) is 4.79 Å². The van der Waals surface area contributed by atoms with Crippen LogP contribution in [0, 0.1) is 0 Å². The van der Waals surface area contributed by atoms with Gasteiger partial charge in [-0.25, -0.2) is 4.79 Å². The molecule has 7 heteroatoms. The lowest BCUT2D eigenvalue weighted by Gasteiger charge is -2.28. The van der Waals surface area contributed by atoms with Crippen LogP contribution < -0.4 is 14.8 Å². The van der Waals surface area contributed by atoms with Gasteiger partial charge in [0, 0.05) is 6.54 Å². The van der Waals surface area contributed by atoms with Gasteiger partial charge in [-0.1, -0.05) is 36.4 Å². The van der Waals surface area contributed by atoms with Crippen molar-refractivity contribution in [1.29, 1.82) is 0 Å². The van der Waals surface area contributed by atoms with E-state index in [1.165, 1.54) is 0 Å². The van der Waals surface area contributed by atoms with Gasteiger partial charge in [-0.2, -0.15) is 0 Å². The van der Waals surface area contributed by atoms with Crippen LogP contribution in [0.4, 0.5) is 4.79 Å². The summed E-state index contributed by atoms with van der Waals surface area (Å²) in [7, 11) is 3.18. The molecule has 0 spiro atoms. The number of carbonyl (C=O) groups is 2. The van der Waals surface area contributed by atoms with Crippen molar-refractivity contribution in [3.05, 3.63) is 59.7 Å². The highest BCUT2D eigenvalue weighted by molar-refractivity contribution is 5.85. The number of methoxy groups -OCH3 is 2. The van der Waals surface area contributed by atoms with Gasteiger partial charge in [-0.15, -0.1) is 0 Å². The molecule has 7 nitrogen and oxygen atoms in total. The fourth-order valence-electron chi connectivity index (χ4n) is 3.69. The van der Waals surface area contributed by atoms with Crippen LogP contribution in [0.5, 0.6) is 11.5 Å². The summed E-state index contributed by atoms with van der Waals surface area (Å²) in [6.45, 7) is 2.48. The van der Waals surface area contributed by atoms with Crippen LogP contribution in [-0.2, 0) is 16.1 Å². The fraction of sp³-hybridized carbons (Fsp3) is 0.391. The Morgan fingerprint density at radius 2 is 1.83 bits per heavy atom. The number of alkyl carbamates (subject to hydrolysis) is 1. The maximum absolute atomic E-state index is 13.0. The number of rotatable bonds is 7. The summed E-state index contributed by atoms with van der Waals surface area (Å²) in [6.07, 6.45) is 1.14. The number of benzene rings is 2. The predicted octanol–water partition coefficient (Wildman–Crippen LogP) is 3.68. The van der Waals surface area contributed by atoms with Gasteiger partial charge in [0.25, 0.3) is 0 Å². The van der Waals surface area contributed by atoms with Gasteiger partial charge in [0.2, 0.25) is 5.91 Å². The minimum Gasteiger partial charge on any atom is -0.493 e. The Labute approximate surface area is 176 Å². The maximum atomic E-state index is 13.0.